The molecule has 2 aliphatic rings. The van der Waals surface area contributed by atoms with E-state index in [2.05, 4.69) is 187 Å². The zero-order valence-corrected chi connectivity index (χ0v) is 30.0. The van der Waals surface area contributed by atoms with Crippen molar-refractivity contribution in [2.75, 3.05) is 4.90 Å². The van der Waals surface area contributed by atoms with Crippen LogP contribution in [0.3, 0.4) is 0 Å². The molecule has 0 radical (unpaired) electrons. The maximum atomic E-state index is 6.72. The van der Waals surface area contributed by atoms with E-state index < -0.39 is 14.2 Å². The molecule has 0 fully saturated rings. The van der Waals surface area contributed by atoms with Crippen LogP contribution in [0.25, 0.3) is 21.9 Å². The van der Waals surface area contributed by atoms with Gasteiger partial charge in [-0.2, -0.15) is 0 Å². The van der Waals surface area contributed by atoms with Crippen LogP contribution >= 0.6 is 0 Å². The minimum absolute atomic E-state index is 0.600. The molecule has 3 nitrogen and oxygen atoms in total. The van der Waals surface area contributed by atoms with Gasteiger partial charge in [0.05, 0.1) is 5.41 Å². The average molecular weight is 696 g/mol. The smallest absolute Gasteiger partial charge is 0.137 e. The number of hydrogen-bond acceptors (Lipinski definition) is 3. The molecule has 0 N–H and O–H groups in total. The van der Waals surface area contributed by atoms with Gasteiger partial charge >= 0.3 is 0 Å². The number of para-hydroxylation sites is 4. The van der Waals surface area contributed by atoms with Gasteiger partial charge in [0, 0.05) is 45.0 Å². The van der Waals surface area contributed by atoms with Crippen molar-refractivity contribution in [3.63, 3.8) is 0 Å². The van der Waals surface area contributed by atoms with Gasteiger partial charge in [0.1, 0.15) is 31.5 Å². The van der Waals surface area contributed by atoms with Crippen molar-refractivity contribution in [1.29, 1.82) is 0 Å². The summed E-state index contributed by atoms with van der Waals surface area (Å²) in [7, 11) is -1.93. The van der Waals surface area contributed by atoms with Crippen LogP contribution in [0.15, 0.2) is 199 Å². The van der Waals surface area contributed by atoms with Crippen LogP contribution in [0, 0.1) is 0 Å². The molecule has 2 aliphatic heterocycles. The zero-order chi connectivity index (χ0) is 34.9. The molecule has 0 saturated heterocycles. The van der Waals surface area contributed by atoms with Gasteiger partial charge in [-0.3, -0.25) is 0 Å². The van der Waals surface area contributed by atoms with Crippen molar-refractivity contribution in [3.05, 3.63) is 216 Å². The minimum atomic E-state index is -1.93. The first-order valence-electron chi connectivity index (χ1n) is 18.2. The highest BCUT2D eigenvalue weighted by Gasteiger charge is 2.51. The molecular formula is C49H33NO2Si. The van der Waals surface area contributed by atoms with E-state index >= 15 is 0 Å². The lowest BCUT2D eigenvalue weighted by atomic mass is 9.63. The van der Waals surface area contributed by atoms with Crippen molar-refractivity contribution < 1.29 is 9.15 Å². The highest BCUT2D eigenvalue weighted by Crippen LogP contribution is 2.56. The first kappa shape index (κ1) is 30.0. The van der Waals surface area contributed by atoms with E-state index in [0.717, 1.165) is 50.5 Å². The van der Waals surface area contributed by atoms with Gasteiger partial charge in [-0.15, -0.1) is 0 Å². The molecule has 1 atom stereocenters. The van der Waals surface area contributed by atoms with Crippen molar-refractivity contribution in [3.8, 4) is 11.5 Å². The summed E-state index contributed by atoms with van der Waals surface area (Å²) in [5, 5.41) is 6.52. The molecule has 0 aliphatic carbocycles. The fourth-order valence-electron chi connectivity index (χ4n) is 9.12. The predicted octanol–water partition coefficient (Wildman–Crippen LogP) is 10.1. The Morgan fingerprint density at radius 3 is 1.74 bits per heavy atom. The van der Waals surface area contributed by atoms with Crippen LogP contribution in [0.5, 0.6) is 11.5 Å². The van der Waals surface area contributed by atoms with Crippen molar-refractivity contribution in [2.24, 2.45) is 0 Å². The predicted molar refractivity (Wildman–Crippen MR) is 219 cm³/mol. The summed E-state index contributed by atoms with van der Waals surface area (Å²) in [6.07, 6.45) is 0. The monoisotopic (exact) mass is 695 g/mol. The van der Waals surface area contributed by atoms with Crippen molar-refractivity contribution in [2.45, 2.75) is 5.41 Å². The Bertz CT molecular complexity index is 2800. The number of anilines is 3. The summed E-state index contributed by atoms with van der Waals surface area (Å²) in [4.78, 5) is 2.37. The Hall–Kier alpha value is -6.62. The van der Waals surface area contributed by atoms with E-state index in [1.807, 2.05) is 12.1 Å². The standard InChI is InChI=1S/C49H33NO2Si/c1-3-15-33(16-4-1)50(35-27-29-38-37-19-7-11-23-43(37)51-46(38)32-35)34-28-30-48-42(31-34)49(39-20-8-12-24-44(39)52-45-25-13-9-21-40(45)49)41-22-10-14-26-47(41)53(48)36-17-5-2-6-18-36/h1-32,53H. The number of rotatable bonds is 4. The minimum Gasteiger partial charge on any atom is -0.457 e. The summed E-state index contributed by atoms with van der Waals surface area (Å²) in [5.74, 6) is 1.79. The van der Waals surface area contributed by atoms with Gasteiger partial charge in [0.2, 0.25) is 0 Å². The summed E-state index contributed by atoms with van der Waals surface area (Å²) < 4.78 is 13.2. The molecule has 3 heterocycles. The SMILES string of the molecule is c1ccc(N(c2ccc3c(c2)C2(c4ccccc4Oc4ccccc42)c2ccccc2[SiH]3c2ccccc2)c2ccc3c(c2)oc2ccccc23)cc1. The third-order valence-corrected chi connectivity index (χ3v) is 14.6. The molecule has 9 aromatic rings. The molecule has 0 saturated carbocycles. The van der Waals surface area contributed by atoms with Gasteiger partial charge in [0.15, 0.2) is 0 Å². The number of hydrogen-bond donors (Lipinski definition) is 0. The first-order valence-corrected chi connectivity index (χ1v) is 19.9. The Morgan fingerprint density at radius 2 is 0.962 bits per heavy atom. The number of fused-ring (bicyclic) bond motifs is 11. The van der Waals surface area contributed by atoms with E-state index in [-0.39, 0.29) is 0 Å². The van der Waals surface area contributed by atoms with E-state index in [1.165, 1.54) is 37.8 Å². The fourth-order valence-corrected chi connectivity index (χ4v) is 12.6. The van der Waals surface area contributed by atoms with E-state index in [0.29, 0.717) is 0 Å². The van der Waals surface area contributed by atoms with Crippen LogP contribution < -0.4 is 25.2 Å². The first-order chi connectivity index (χ1) is 26.3. The largest absolute Gasteiger partial charge is 0.457 e. The Balaban J connectivity index is 1.23. The Labute approximate surface area is 309 Å². The van der Waals surface area contributed by atoms with Gasteiger partial charge in [-0.1, -0.05) is 139 Å². The molecule has 1 aromatic heterocycles. The maximum Gasteiger partial charge on any atom is 0.137 e. The van der Waals surface area contributed by atoms with Crippen molar-refractivity contribution in [1.82, 2.24) is 0 Å². The molecule has 53 heavy (non-hydrogen) atoms. The number of ether oxygens (including phenoxy) is 1. The third-order valence-electron chi connectivity index (χ3n) is 11.3. The topological polar surface area (TPSA) is 25.6 Å². The van der Waals surface area contributed by atoms with E-state index in [4.69, 9.17) is 9.15 Å². The molecule has 4 heteroatoms. The molecular weight excluding hydrogens is 663 g/mol. The van der Waals surface area contributed by atoms with Gasteiger partial charge in [0.25, 0.3) is 0 Å². The Kier molecular flexibility index (Phi) is 6.64. The van der Waals surface area contributed by atoms with Crippen LogP contribution in [0.4, 0.5) is 17.1 Å². The van der Waals surface area contributed by atoms with E-state index in [9.17, 15) is 0 Å². The lowest BCUT2D eigenvalue weighted by Crippen LogP contribution is -2.62. The van der Waals surface area contributed by atoms with Crippen LogP contribution in [0.1, 0.15) is 22.3 Å². The van der Waals surface area contributed by atoms with E-state index in [1.54, 1.807) is 0 Å². The second-order valence-electron chi connectivity index (χ2n) is 14.0. The summed E-state index contributed by atoms with van der Waals surface area (Å²) in [6.45, 7) is 0. The fraction of sp³-hybridized carbons (Fsp3) is 0.0204. The van der Waals surface area contributed by atoms with Crippen molar-refractivity contribution >= 4 is 63.4 Å². The quantitative estimate of drug-likeness (QED) is 0.172. The summed E-state index contributed by atoms with van der Waals surface area (Å²) in [5.41, 5.74) is 9.36. The average Bonchev–Trinajstić information content (AvgIpc) is 3.60. The highest BCUT2D eigenvalue weighted by atomic mass is 28.3. The van der Waals surface area contributed by atoms with Crippen LogP contribution in [0.2, 0.25) is 0 Å². The summed E-state index contributed by atoms with van der Waals surface area (Å²) in [6, 6.07) is 70.4. The lowest BCUT2D eigenvalue weighted by molar-refractivity contribution is 0.435. The molecule has 250 valence electrons. The molecule has 1 spiro atoms. The molecule has 0 bridgehead atoms. The molecule has 0 amide bonds. The number of benzene rings is 8. The van der Waals surface area contributed by atoms with Gasteiger partial charge < -0.3 is 14.1 Å². The Morgan fingerprint density at radius 1 is 0.396 bits per heavy atom. The number of nitrogens with zero attached hydrogens (tertiary/aromatic N) is 1. The number of furan rings is 1. The van der Waals surface area contributed by atoms with Gasteiger partial charge in [-0.05, 0) is 76.1 Å². The third kappa shape index (κ3) is 4.40. The normalized spacial score (nSPS) is 14.9. The van der Waals surface area contributed by atoms with Crippen LogP contribution in [-0.2, 0) is 5.41 Å². The molecule has 11 rings (SSSR count). The molecule has 1 unspecified atom stereocenters. The highest BCUT2D eigenvalue weighted by molar-refractivity contribution is 6.96. The van der Waals surface area contributed by atoms with Crippen LogP contribution in [-0.4, -0.2) is 8.80 Å². The molecule has 8 aromatic carbocycles. The zero-order valence-electron chi connectivity index (χ0n) is 28.8. The maximum absolute atomic E-state index is 6.72. The van der Waals surface area contributed by atoms with Gasteiger partial charge in [-0.25, -0.2) is 0 Å². The second-order valence-corrected chi connectivity index (χ2v) is 16.8. The lowest BCUT2D eigenvalue weighted by Gasteiger charge is -2.47. The second kappa shape index (κ2) is 11.7. The summed E-state index contributed by atoms with van der Waals surface area (Å²) >= 11 is 0.